The fraction of sp³-hybridized carbons (Fsp3) is 0.727. The Balaban J connectivity index is 2.62. The lowest BCUT2D eigenvalue weighted by atomic mass is 10.2. The minimum Gasteiger partial charge on any atom is -0.461 e. The number of hydrogen-bond acceptors (Lipinski definition) is 6. The molecule has 0 bridgehead atoms. The van der Waals surface area contributed by atoms with Crippen LogP contribution < -0.4 is 0 Å². The standard InChI is InChI=1S/C11H16BrNO5/c1-2-17-11(15)10(9(14)7-12)13-18-8-3-5-16-6-4-8/h8H,2-7H2,1H3/b13-10-. The van der Waals surface area contributed by atoms with Gasteiger partial charge in [-0.2, -0.15) is 0 Å². The van der Waals surface area contributed by atoms with Crippen molar-refractivity contribution in [2.75, 3.05) is 25.2 Å². The fourth-order valence-electron chi connectivity index (χ4n) is 1.37. The van der Waals surface area contributed by atoms with Crippen LogP contribution in [-0.2, 0) is 23.9 Å². The largest absolute Gasteiger partial charge is 0.461 e. The lowest BCUT2D eigenvalue weighted by molar-refractivity contribution is -0.136. The molecule has 1 aliphatic rings. The zero-order valence-corrected chi connectivity index (χ0v) is 11.8. The van der Waals surface area contributed by atoms with E-state index in [-0.39, 0.29) is 23.8 Å². The van der Waals surface area contributed by atoms with E-state index in [9.17, 15) is 9.59 Å². The Morgan fingerprint density at radius 2 is 2.06 bits per heavy atom. The first-order valence-electron chi connectivity index (χ1n) is 5.76. The average Bonchev–Trinajstić information content (AvgIpc) is 2.40. The predicted octanol–water partition coefficient (Wildman–Crippen LogP) is 1.07. The van der Waals surface area contributed by atoms with Crippen LogP contribution in [0, 0.1) is 0 Å². The van der Waals surface area contributed by atoms with Gasteiger partial charge in [-0.05, 0) is 6.92 Å². The molecule has 1 fully saturated rings. The van der Waals surface area contributed by atoms with Crippen LogP contribution in [0.3, 0.4) is 0 Å². The Hall–Kier alpha value is -0.950. The van der Waals surface area contributed by atoms with E-state index in [2.05, 4.69) is 21.1 Å². The van der Waals surface area contributed by atoms with Gasteiger partial charge in [0.05, 0.1) is 25.2 Å². The molecule has 0 N–H and O–H groups in total. The van der Waals surface area contributed by atoms with Crippen LogP contribution in [0.4, 0.5) is 0 Å². The normalized spacial score (nSPS) is 17.3. The van der Waals surface area contributed by atoms with Crippen molar-refractivity contribution in [1.82, 2.24) is 0 Å². The topological polar surface area (TPSA) is 74.2 Å². The van der Waals surface area contributed by atoms with E-state index in [0.717, 1.165) is 0 Å². The summed E-state index contributed by atoms with van der Waals surface area (Å²) in [6.45, 7) is 3.04. The summed E-state index contributed by atoms with van der Waals surface area (Å²) in [5.41, 5.74) is -0.305. The van der Waals surface area contributed by atoms with Gasteiger partial charge in [0.25, 0.3) is 0 Å². The first-order valence-corrected chi connectivity index (χ1v) is 6.89. The van der Waals surface area contributed by atoms with Crippen molar-refractivity contribution < 1.29 is 23.9 Å². The van der Waals surface area contributed by atoms with Gasteiger partial charge in [0, 0.05) is 12.8 Å². The summed E-state index contributed by atoms with van der Waals surface area (Å²) in [5.74, 6) is -1.21. The smallest absolute Gasteiger partial charge is 0.364 e. The number of hydrogen-bond donors (Lipinski definition) is 0. The molecule has 0 aliphatic carbocycles. The molecule has 6 nitrogen and oxygen atoms in total. The summed E-state index contributed by atoms with van der Waals surface area (Å²) < 4.78 is 9.92. The molecule has 0 aromatic carbocycles. The summed E-state index contributed by atoms with van der Waals surface area (Å²) in [6.07, 6.45) is 1.27. The molecular formula is C11H16BrNO5. The summed E-state index contributed by atoms with van der Waals surface area (Å²) in [6, 6.07) is 0. The van der Waals surface area contributed by atoms with Gasteiger partial charge >= 0.3 is 5.97 Å². The highest BCUT2D eigenvalue weighted by molar-refractivity contribution is 9.09. The molecule has 0 unspecified atom stereocenters. The monoisotopic (exact) mass is 321 g/mol. The van der Waals surface area contributed by atoms with Crippen LogP contribution in [0.5, 0.6) is 0 Å². The van der Waals surface area contributed by atoms with Crippen LogP contribution >= 0.6 is 15.9 Å². The van der Waals surface area contributed by atoms with E-state index >= 15 is 0 Å². The Bertz CT molecular complexity index is 325. The van der Waals surface area contributed by atoms with E-state index in [0.29, 0.717) is 26.1 Å². The molecule has 0 aromatic heterocycles. The third kappa shape index (κ3) is 4.73. The molecule has 18 heavy (non-hydrogen) atoms. The Morgan fingerprint density at radius 3 is 2.61 bits per heavy atom. The van der Waals surface area contributed by atoms with Gasteiger partial charge in [-0.15, -0.1) is 0 Å². The van der Waals surface area contributed by atoms with Crippen molar-refractivity contribution >= 4 is 33.4 Å². The van der Waals surface area contributed by atoms with Gasteiger partial charge in [-0.1, -0.05) is 21.1 Å². The maximum absolute atomic E-state index is 11.5. The van der Waals surface area contributed by atoms with E-state index in [1.807, 2.05) is 0 Å². The second kappa shape index (κ2) is 8.20. The van der Waals surface area contributed by atoms with Gasteiger partial charge in [0.2, 0.25) is 11.5 Å². The zero-order valence-electron chi connectivity index (χ0n) is 10.2. The highest BCUT2D eigenvalue weighted by atomic mass is 79.9. The van der Waals surface area contributed by atoms with Gasteiger partial charge in [-0.25, -0.2) is 4.79 Å². The van der Waals surface area contributed by atoms with Crippen molar-refractivity contribution in [3.05, 3.63) is 0 Å². The van der Waals surface area contributed by atoms with E-state index < -0.39 is 11.8 Å². The average molecular weight is 322 g/mol. The molecule has 0 spiro atoms. The Labute approximate surface area is 114 Å². The Kier molecular flexibility index (Phi) is 6.89. The summed E-state index contributed by atoms with van der Waals surface area (Å²) in [5, 5.41) is 3.65. The van der Waals surface area contributed by atoms with Gasteiger partial charge < -0.3 is 14.3 Å². The van der Waals surface area contributed by atoms with Crippen LogP contribution in [0.25, 0.3) is 0 Å². The first kappa shape index (κ1) is 15.1. The van der Waals surface area contributed by atoms with Crippen molar-refractivity contribution in [3.8, 4) is 0 Å². The first-order chi connectivity index (χ1) is 8.69. The van der Waals surface area contributed by atoms with Gasteiger partial charge in [0.15, 0.2) is 0 Å². The zero-order chi connectivity index (χ0) is 13.4. The molecule has 1 rings (SSSR count). The molecule has 7 heteroatoms. The summed E-state index contributed by atoms with van der Waals surface area (Å²) in [7, 11) is 0. The molecule has 0 amide bonds. The maximum atomic E-state index is 11.5. The van der Waals surface area contributed by atoms with Gasteiger partial charge in [0.1, 0.15) is 6.10 Å². The number of halogens is 1. The molecular weight excluding hydrogens is 306 g/mol. The van der Waals surface area contributed by atoms with Crippen LogP contribution in [-0.4, -0.2) is 48.7 Å². The third-order valence-corrected chi connectivity index (χ3v) is 2.82. The second-order valence-electron chi connectivity index (χ2n) is 3.63. The number of alkyl halides is 1. The minimum absolute atomic E-state index is 0.00177. The molecule has 1 aliphatic heterocycles. The fourth-order valence-corrected chi connectivity index (χ4v) is 1.64. The predicted molar refractivity (Wildman–Crippen MR) is 67.8 cm³/mol. The number of oxime groups is 1. The van der Waals surface area contributed by atoms with Crippen molar-refractivity contribution in [2.45, 2.75) is 25.9 Å². The lowest BCUT2D eigenvalue weighted by Gasteiger charge is -2.20. The van der Waals surface area contributed by atoms with Crippen LogP contribution in [0.1, 0.15) is 19.8 Å². The number of carbonyl (C=O) groups excluding carboxylic acids is 2. The van der Waals surface area contributed by atoms with E-state index in [4.69, 9.17) is 14.3 Å². The lowest BCUT2D eigenvalue weighted by Crippen LogP contribution is -2.29. The molecule has 0 radical (unpaired) electrons. The van der Waals surface area contributed by atoms with Gasteiger partial charge in [-0.3, -0.25) is 4.79 Å². The van der Waals surface area contributed by atoms with Crippen LogP contribution in [0.15, 0.2) is 5.16 Å². The quantitative estimate of drug-likeness (QED) is 0.240. The van der Waals surface area contributed by atoms with Crippen molar-refractivity contribution in [2.24, 2.45) is 5.16 Å². The molecule has 0 aromatic rings. The molecule has 0 saturated carbocycles. The number of carbonyl (C=O) groups is 2. The SMILES string of the molecule is CCOC(=O)/C(=N\OC1CCOCC1)C(=O)CBr. The molecule has 1 saturated heterocycles. The second-order valence-corrected chi connectivity index (χ2v) is 4.20. The third-order valence-electron chi connectivity index (χ3n) is 2.32. The van der Waals surface area contributed by atoms with Crippen molar-refractivity contribution in [1.29, 1.82) is 0 Å². The number of nitrogens with zero attached hydrogens (tertiary/aromatic N) is 1. The number of rotatable bonds is 6. The summed E-state index contributed by atoms with van der Waals surface area (Å²) >= 11 is 2.99. The number of ether oxygens (including phenoxy) is 2. The maximum Gasteiger partial charge on any atom is 0.364 e. The minimum atomic E-state index is -0.756. The molecule has 102 valence electrons. The van der Waals surface area contributed by atoms with E-state index in [1.54, 1.807) is 6.92 Å². The number of Topliss-reactive ketones (excluding diaryl/α,β-unsaturated/α-hetero) is 1. The Morgan fingerprint density at radius 1 is 1.39 bits per heavy atom. The van der Waals surface area contributed by atoms with Crippen LogP contribution in [0.2, 0.25) is 0 Å². The summed E-state index contributed by atoms with van der Waals surface area (Å²) in [4.78, 5) is 28.2. The number of esters is 1. The molecule has 1 heterocycles. The van der Waals surface area contributed by atoms with Crippen molar-refractivity contribution in [3.63, 3.8) is 0 Å². The van der Waals surface area contributed by atoms with E-state index in [1.165, 1.54) is 0 Å². The number of ketones is 1. The highest BCUT2D eigenvalue weighted by Gasteiger charge is 2.23. The highest BCUT2D eigenvalue weighted by Crippen LogP contribution is 2.11. The molecule has 0 atom stereocenters.